The number of carboxylic acids is 1. The summed E-state index contributed by atoms with van der Waals surface area (Å²) in [6.07, 6.45) is 0. The molecule has 80 valence electrons. The summed E-state index contributed by atoms with van der Waals surface area (Å²) in [6.45, 7) is 3.55. The van der Waals surface area contributed by atoms with Crippen LogP contribution in [0.15, 0.2) is 0 Å². The van der Waals surface area contributed by atoms with E-state index in [0.29, 0.717) is 0 Å². The van der Waals surface area contributed by atoms with Gasteiger partial charge >= 0.3 is 29.0 Å². The van der Waals surface area contributed by atoms with Gasteiger partial charge in [0, 0.05) is 10.4 Å². The number of carboxylic acid groups (broad SMARTS) is 1. The van der Waals surface area contributed by atoms with Crippen LogP contribution in [0.1, 0.15) is 13.8 Å². The molecule has 1 unspecified atom stereocenters. The molecule has 0 rings (SSSR count). The Bertz CT molecular complexity index is 243. The number of nitrogens with two attached hydrogens (primary N) is 1. The Labute approximate surface area is 98.4 Å². The second kappa shape index (κ2) is 8.38. The van der Waals surface area contributed by atoms with E-state index in [-0.39, 0.29) is 29.0 Å². The van der Waals surface area contributed by atoms with Crippen LogP contribution in [0.2, 0.25) is 0 Å². The minimum Gasteiger partial charge on any atom is -0.759 e. The van der Waals surface area contributed by atoms with Gasteiger partial charge in [0.05, 0.1) is 0 Å². The van der Waals surface area contributed by atoms with Crippen LogP contribution in [0.25, 0.3) is 0 Å². The number of rotatable bonds is 2. The topological polar surface area (TPSA) is 144 Å². The molecule has 0 spiro atoms. The maximum atomic E-state index is 10.0. The molecule has 0 aromatic rings. The average molecular weight is 238 g/mol. The largest absolute Gasteiger partial charge is 2.00 e. The smallest absolute Gasteiger partial charge is 0.759 e. The maximum Gasteiger partial charge on any atom is 2.00 e. The third-order valence-corrected chi connectivity index (χ3v) is 1.00. The van der Waals surface area contributed by atoms with Crippen LogP contribution < -0.4 is 5.73 Å². The van der Waals surface area contributed by atoms with Crippen molar-refractivity contribution in [3.8, 4) is 0 Å². The summed E-state index contributed by atoms with van der Waals surface area (Å²) in [5, 5.41) is 8.23. The van der Waals surface area contributed by atoms with Crippen LogP contribution in [-0.2, 0) is 15.2 Å². The van der Waals surface area contributed by atoms with Gasteiger partial charge in [0.2, 0.25) is 0 Å². The monoisotopic (exact) mass is 237 g/mol. The average Bonchev–Trinajstić information content (AvgIpc) is 1.81. The fourth-order valence-electron chi connectivity index (χ4n) is 0.285. The minimum absolute atomic E-state index is 0. The molecule has 0 amide bonds. The Morgan fingerprint density at radius 1 is 1.36 bits per heavy atom. The molecule has 0 fully saturated rings. The first-order valence-corrected chi connectivity index (χ1v) is 4.54. The Morgan fingerprint density at radius 2 is 1.57 bits per heavy atom. The predicted molar refractivity (Wildman–Crippen MR) is 46.7 cm³/mol. The molecule has 0 aromatic heterocycles. The Hall–Kier alpha value is 0.0662. The van der Waals surface area contributed by atoms with Crippen molar-refractivity contribution in [3.05, 3.63) is 0 Å². The Balaban J connectivity index is -0.000000177. The van der Waals surface area contributed by atoms with Crippen LogP contribution in [0.4, 0.5) is 0 Å². The van der Waals surface area contributed by atoms with Gasteiger partial charge in [-0.1, -0.05) is 13.8 Å². The first kappa shape index (κ1) is 19.6. The predicted octanol–water partition coefficient (Wildman–Crippen LogP) is -1.66. The molecule has 0 heterocycles. The SMILES string of the molecule is CC(C)C(N)C(=O)O.O=S(=O)([O-])[O-].[Mg+2]. The van der Waals surface area contributed by atoms with Crippen LogP contribution >= 0.6 is 0 Å². The van der Waals surface area contributed by atoms with Crippen LogP contribution in [0.5, 0.6) is 0 Å². The van der Waals surface area contributed by atoms with Gasteiger partial charge < -0.3 is 19.9 Å². The van der Waals surface area contributed by atoms with E-state index in [0.717, 1.165) is 0 Å². The molecule has 0 bridgehead atoms. The van der Waals surface area contributed by atoms with Crippen LogP contribution in [0.3, 0.4) is 0 Å². The molecular formula is C5H11MgNO6S. The van der Waals surface area contributed by atoms with Gasteiger partial charge in [0.25, 0.3) is 0 Å². The first-order chi connectivity index (χ1) is 5.55. The van der Waals surface area contributed by atoms with E-state index in [1.165, 1.54) is 0 Å². The summed E-state index contributed by atoms with van der Waals surface area (Å²) in [4.78, 5) is 10.0. The molecule has 0 aliphatic rings. The van der Waals surface area contributed by atoms with Gasteiger partial charge in [-0.25, -0.2) is 0 Å². The number of carbonyl (C=O) groups is 1. The van der Waals surface area contributed by atoms with Crippen molar-refractivity contribution in [2.45, 2.75) is 19.9 Å². The summed E-state index contributed by atoms with van der Waals surface area (Å²) < 4.78 is 34.1. The molecule has 9 heteroatoms. The van der Waals surface area contributed by atoms with Gasteiger partial charge in [-0.15, -0.1) is 0 Å². The van der Waals surface area contributed by atoms with Crippen LogP contribution in [-0.4, -0.2) is 57.7 Å². The maximum absolute atomic E-state index is 10.0. The summed E-state index contributed by atoms with van der Waals surface area (Å²) in [6, 6.07) is -0.713. The van der Waals surface area contributed by atoms with E-state index in [1.54, 1.807) is 13.8 Å². The van der Waals surface area contributed by atoms with Gasteiger partial charge in [0.1, 0.15) is 6.04 Å². The van der Waals surface area contributed by atoms with E-state index >= 15 is 0 Å². The van der Waals surface area contributed by atoms with E-state index < -0.39 is 22.4 Å². The zero-order chi connectivity index (χ0) is 11.2. The summed E-state index contributed by atoms with van der Waals surface area (Å²) in [5.41, 5.74) is 5.16. The molecule has 14 heavy (non-hydrogen) atoms. The fraction of sp³-hybridized carbons (Fsp3) is 0.800. The standard InChI is InChI=1S/C5H11NO2.Mg.H2O4S/c1-3(2)4(6)5(7)8;;1-5(2,3)4/h3-4H,6H2,1-2H3,(H,7,8);;(H2,1,2,3,4)/q;+2;/p-2. The second-order valence-electron chi connectivity index (χ2n) is 2.52. The molecule has 3 N–H and O–H groups in total. The molecule has 0 radical (unpaired) electrons. The molecule has 0 saturated heterocycles. The number of hydrogen-bond donors (Lipinski definition) is 2. The van der Waals surface area contributed by atoms with Crippen molar-refractivity contribution in [2.24, 2.45) is 11.7 Å². The molecule has 1 atom stereocenters. The fourth-order valence-corrected chi connectivity index (χ4v) is 0.285. The molecular weight excluding hydrogens is 226 g/mol. The van der Waals surface area contributed by atoms with Crippen molar-refractivity contribution in [2.75, 3.05) is 0 Å². The molecule has 7 nitrogen and oxygen atoms in total. The summed E-state index contributed by atoms with van der Waals surface area (Å²) in [5.74, 6) is -0.910. The normalized spacial score (nSPS) is 12.1. The van der Waals surface area contributed by atoms with E-state index in [1.807, 2.05) is 0 Å². The van der Waals surface area contributed by atoms with Crippen molar-refractivity contribution in [1.29, 1.82) is 0 Å². The summed E-state index contributed by atoms with van der Waals surface area (Å²) in [7, 11) is -5.17. The molecule has 0 saturated carbocycles. The van der Waals surface area contributed by atoms with E-state index in [9.17, 15) is 4.79 Å². The quantitative estimate of drug-likeness (QED) is 0.332. The van der Waals surface area contributed by atoms with E-state index in [2.05, 4.69) is 0 Å². The third kappa shape index (κ3) is 22.7. The first-order valence-electron chi connectivity index (χ1n) is 3.20. The van der Waals surface area contributed by atoms with Gasteiger partial charge in [0.15, 0.2) is 0 Å². The zero-order valence-corrected chi connectivity index (χ0v) is 10.1. The molecule has 0 aliphatic carbocycles. The van der Waals surface area contributed by atoms with Crippen molar-refractivity contribution in [1.82, 2.24) is 0 Å². The van der Waals surface area contributed by atoms with Gasteiger partial charge in [-0.2, -0.15) is 0 Å². The molecule has 0 aromatic carbocycles. The Morgan fingerprint density at radius 3 is 1.57 bits per heavy atom. The van der Waals surface area contributed by atoms with Crippen molar-refractivity contribution >= 4 is 39.4 Å². The Kier molecular flexibility index (Phi) is 11.7. The summed E-state index contributed by atoms with van der Waals surface area (Å²) >= 11 is 0. The van der Waals surface area contributed by atoms with Gasteiger partial charge in [-0.3, -0.25) is 13.2 Å². The third-order valence-electron chi connectivity index (χ3n) is 1.00. The van der Waals surface area contributed by atoms with E-state index in [4.69, 9.17) is 28.4 Å². The zero-order valence-electron chi connectivity index (χ0n) is 7.84. The number of hydrogen-bond acceptors (Lipinski definition) is 6. The minimum atomic E-state index is -5.17. The molecule has 0 aliphatic heterocycles. The van der Waals surface area contributed by atoms with Crippen molar-refractivity contribution in [3.63, 3.8) is 0 Å². The van der Waals surface area contributed by atoms with Crippen molar-refractivity contribution < 1.29 is 27.4 Å². The second-order valence-corrected chi connectivity index (χ2v) is 3.33. The number of aliphatic carboxylic acids is 1. The van der Waals surface area contributed by atoms with Gasteiger partial charge in [-0.05, 0) is 5.92 Å². The van der Waals surface area contributed by atoms with Crippen LogP contribution in [0, 0.1) is 5.92 Å².